The second kappa shape index (κ2) is 3.93. The lowest BCUT2D eigenvalue weighted by Gasteiger charge is -2.02. The molecule has 0 saturated carbocycles. The normalized spacial score (nSPS) is 11.7. The van der Waals surface area contributed by atoms with Crippen LogP contribution in [0.1, 0.15) is 5.56 Å². The molecule has 0 aliphatic heterocycles. The van der Waals surface area contributed by atoms with E-state index < -0.39 is 0 Å². The quantitative estimate of drug-likeness (QED) is 0.482. The van der Waals surface area contributed by atoms with Gasteiger partial charge in [-0.15, -0.1) is 0 Å². The van der Waals surface area contributed by atoms with Crippen LogP contribution >= 0.6 is 0 Å². The molecule has 1 aromatic carbocycles. The molecule has 0 unspecified atom stereocenters. The van der Waals surface area contributed by atoms with Gasteiger partial charge in [0.05, 0.1) is 16.7 Å². The van der Waals surface area contributed by atoms with E-state index in [2.05, 4.69) is 15.4 Å². The van der Waals surface area contributed by atoms with Gasteiger partial charge >= 0.3 is 0 Å². The van der Waals surface area contributed by atoms with Crippen LogP contribution in [-0.2, 0) is 0 Å². The zero-order valence-electron chi connectivity index (χ0n) is 8.01. The lowest BCUT2D eigenvalue weighted by atomic mass is 10.1. The van der Waals surface area contributed by atoms with Gasteiger partial charge in [-0.25, -0.2) is 0 Å². The second-order valence-electron chi connectivity index (χ2n) is 3.03. The first kappa shape index (κ1) is 9.42. The molecule has 0 atom stereocenters. The van der Waals surface area contributed by atoms with Gasteiger partial charge in [0.2, 0.25) is 0 Å². The molecule has 2 rings (SSSR count). The van der Waals surface area contributed by atoms with E-state index in [1.165, 1.54) is 6.20 Å². The Labute approximate surface area is 86.8 Å². The second-order valence-corrected chi connectivity index (χ2v) is 3.03. The first-order valence-electron chi connectivity index (χ1n) is 4.44. The Balaban J connectivity index is 2.51. The molecule has 5 nitrogen and oxygen atoms in total. The summed E-state index contributed by atoms with van der Waals surface area (Å²) in [6.45, 7) is 0. The number of nitrogens with one attached hydrogen (secondary N) is 1. The summed E-state index contributed by atoms with van der Waals surface area (Å²) >= 11 is 0. The Hall–Kier alpha value is -2.14. The van der Waals surface area contributed by atoms with E-state index >= 15 is 0 Å². The predicted octanol–water partition coefficient (Wildman–Crippen LogP) is 0.350. The molecular weight excluding hydrogens is 190 g/mol. The third-order valence-electron chi connectivity index (χ3n) is 2.04. The van der Waals surface area contributed by atoms with E-state index in [0.717, 1.165) is 16.6 Å². The van der Waals surface area contributed by atoms with Crippen LogP contribution in [0.15, 0.2) is 36.8 Å². The molecule has 5 N–H and O–H groups in total. The SMILES string of the molecule is NN/C=C(\N)c1ccc2nccnc2c1. The van der Waals surface area contributed by atoms with Gasteiger partial charge in [0.1, 0.15) is 0 Å². The van der Waals surface area contributed by atoms with Crippen molar-refractivity contribution in [3.05, 3.63) is 42.4 Å². The molecule has 15 heavy (non-hydrogen) atoms. The summed E-state index contributed by atoms with van der Waals surface area (Å²) in [7, 11) is 0. The molecule has 0 aliphatic carbocycles. The van der Waals surface area contributed by atoms with Crippen molar-refractivity contribution in [1.82, 2.24) is 15.4 Å². The van der Waals surface area contributed by atoms with Gasteiger partial charge in [-0.05, 0) is 12.1 Å². The Morgan fingerprint density at radius 2 is 1.93 bits per heavy atom. The minimum Gasteiger partial charge on any atom is -0.397 e. The molecule has 0 radical (unpaired) electrons. The zero-order valence-corrected chi connectivity index (χ0v) is 8.01. The molecule has 2 aromatic rings. The number of rotatable bonds is 2. The molecule has 0 fully saturated rings. The molecule has 76 valence electrons. The van der Waals surface area contributed by atoms with Gasteiger partial charge in [0.25, 0.3) is 0 Å². The Morgan fingerprint density at radius 1 is 1.20 bits per heavy atom. The van der Waals surface area contributed by atoms with Gasteiger partial charge in [-0.3, -0.25) is 15.8 Å². The molecule has 1 heterocycles. The average Bonchev–Trinajstić information content (AvgIpc) is 2.29. The van der Waals surface area contributed by atoms with Crippen LogP contribution in [0.2, 0.25) is 0 Å². The van der Waals surface area contributed by atoms with Crippen LogP contribution in [0.25, 0.3) is 16.7 Å². The first-order chi connectivity index (χ1) is 7.31. The highest BCUT2D eigenvalue weighted by atomic mass is 15.2. The van der Waals surface area contributed by atoms with Crippen molar-refractivity contribution in [1.29, 1.82) is 0 Å². The van der Waals surface area contributed by atoms with E-state index in [0.29, 0.717) is 5.70 Å². The number of hydrazine groups is 1. The minimum atomic E-state index is 0.560. The minimum absolute atomic E-state index is 0.560. The van der Waals surface area contributed by atoms with E-state index in [9.17, 15) is 0 Å². The zero-order chi connectivity index (χ0) is 10.7. The highest BCUT2D eigenvalue weighted by Gasteiger charge is 1.99. The highest BCUT2D eigenvalue weighted by molar-refractivity contribution is 5.79. The van der Waals surface area contributed by atoms with Gasteiger partial charge in [-0.1, -0.05) is 6.07 Å². The third-order valence-corrected chi connectivity index (χ3v) is 2.04. The summed E-state index contributed by atoms with van der Waals surface area (Å²) in [6, 6.07) is 5.61. The number of hydrogen-bond acceptors (Lipinski definition) is 5. The summed E-state index contributed by atoms with van der Waals surface area (Å²) < 4.78 is 0. The monoisotopic (exact) mass is 201 g/mol. The molecule has 0 saturated heterocycles. The number of benzene rings is 1. The van der Waals surface area contributed by atoms with Crippen molar-refractivity contribution in [3.8, 4) is 0 Å². The van der Waals surface area contributed by atoms with Crippen molar-refractivity contribution in [3.63, 3.8) is 0 Å². The predicted molar refractivity (Wildman–Crippen MR) is 59.0 cm³/mol. The van der Waals surface area contributed by atoms with Gasteiger partial charge in [0, 0.05) is 24.2 Å². The maximum atomic E-state index is 5.77. The van der Waals surface area contributed by atoms with E-state index in [4.69, 9.17) is 11.6 Å². The van der Waals surface area contributed by atoms with Gasteiger partial charge in [-0.2, -0.15) is 0 Å². The maximum Gasteiger partial charge on any atom is 0.0893 e. The summed E-state index contributed by atoms with van der Waals surface area (Å²) in [5.41, 5.74) is 11.2. The lowest BCUT2D eigenvalue weighted by Crippen LogP contribution is -2.16. The molecule has 5 heteroatoms. The van der Waals surface area contributed by atoms with Crippen LogP contribution in [0.5, 0.6) is 0 Å². The first-order valence-corrected chi connectivity index (χ1v) is 4.44. The molecule has 1 aromatic heterocycles. The maximum absolute atomic E-state index is 5.77. The topological polar surface area (TPSA) is 89.8 Å². The number of fused-ring (bicyclic) bond motifs is 1. The van der Waals surface area contributed by atoms with Crippen molar-refractivity contribution < 1.29 is 0 Å². The Morgan fingerprint density at radius 3 is 2.67 bits per heavy atom. The summed E-state index contributed by atoms with van der Waals surface area (Å²) in [5, 5.41) is 0. The molecule has 0 spiro atoms. The van der Waals surface area contributed by atoms with E-state index in [-0.39, 0.29) is 0 Å². The van der Waals surface area contributed by atoms with Crippen molar-refractivity contribution >= 4 is 16.7 Å². The van der Waals surface area contributed by atoms with Crippen molar-refractivity contribution in [2.24, 2.45) is 11.6 Å². The molecular formula is C10H11N5. The van der Waals surface area contributed by atoms with Gasteiger partial charge < -0.3 is 11.2 Å². The number of nitrogens with zero attached hydrogens (tertiary/aromatic N) is 2. The standard InChI is InChI=1S/C10H11N5/c11-8(6-15-12)7-1-2-9-10(5-7)14-4-3-13-9/h1-6,15H,11-12H2/b8-6-. The Bertz CT molecular complexity index is 506. The number of aromatic nitrogens is 2. The van der Waals surface area contributed by atoms with Crippen molar-refractivity contribution in [2.45, 2.75) is 0 Å². The highest BCUT2D eigenvalue weighted by Crippen LogP contribution is 2.14. The summed E-state index contributed by atoms with van der Waals surface area (Å²) in [5.74, 6) is 5.15. The van der Waals surface area contributed by atoms with Crippen LogP contribution in [0.4, 0.5) is 0 Å². The number of hydrogen-bond donors (Lipinski definition) is 3. The average molecular weight is 201 g/mol. The Kier molecular flexibility index (Phi) is 2.47. The fourth-order valence-electron chi connectivity index (χ4n) is 1.32. The summed E-state index contributed by atoms with van der Waals surface area (Å²) in [4.78, 5) is 8.35. The fraction of sp³-hybridized carbons (Fsp3) is 0. The molecule has 0 aliphatic rings. The van der Waals surface area contributed by atoms with Crippen LogP contribution < -0.4 is 17.0 Å². The lowest BCUT2D eigenvalue weighted by molar-refractivity contribution is 0.967. The van der Waals surface area contributed by atoms with Crippen molar-refractivity contribution in [2.75, 3.05) is 0 Å². The third kappa shape index (κ3) is 1.87. The number of nitrogens with two attached hydrogens (primary N) is 2. The molecule has 0 bridgehead atoms. The van der Waals surface area contributed by atoms with Crippen LogP contribution in [0.3, 0.4) is 0 Å². The van der Waals surface area contributed by atoms with E-state index in [1.807, 2.05) is 18.2 Å². The van der Waals surface area contributed by atoms with E-state index in [1.54, 1.807) is 12.4 Å². The van der Waals surface area contributed by atoms with Gasteiger partial charge in [0.15, 0.2) is 0 Å². The van der Waals surface area contributed by atoms with Crippen LogP contribution in [0, 0.1) is 0 Å². The van der Waals surface area contributed by atoms with Crippen LogP contribution in [-0.4, -0.2) is 9.97 Å². The molecule has 0 amide bonds. The fourth-order valence-corrected chi connectivity index (χ4v) is 1.32. The summed E-state index contributed by atoms with van der Waals surface area (Å²) in [6.07, 6.45) is 4.83. The smallest absolute Gasteiger partial charge is 0.0893 e. The largest absolute Gasteiger partial charge is 0.397 e.